The SMILES string of the molecule is CC.CCC1CN(C(=O)c2[nH+]cnc(C)c2OC)CCN1C1=C2CCCN2C2=NC(C3=CCOCC3)NN2C1=O.O=CNc1ccc(C(F)(F)F)cc1Cl. The number of aliphatic imine (C=N–C) groups is 1. The molecule has 7 rings (SSSR count). The second-order valence-electron chi connectivity index (χ2n) is 12.6. The molecule has 2 unspecified atom stereocenters. The summed E-state index contributed by atoms with van der Waals surface area (Å²) in [6, 6.07) is 2.70. The number of ether oxygens (including phenoxy) is 2. The van der Waals surface area contributed by atoms with Crippen LogP contribution in [0.25, 0.3) is 0 Å². The molecule has 1 aromatic carbocycles. The second kappa shape index (κ2) is 17.6. The van der Waals surface area contributed by atoms with Crippen LogP contribution in [-0.2, 0) is 20.5 Å². The molecule has 2 saturated heterocycles. The van der Waals surface area contributed by atoms with Crippen molar-refractivity contribution >= 4 is 41.5 Å². The Morgan fingerprint density at radius 1 is 1.22 bits per heavy atom. The summed E-state index contributed by atoms with van der Waals surface area (Å²) in [7, 11) is 1.55. The number of allylic oxidation sites excluding steroid dienone is 1. The summed E-state index contributed by atoms with van der Waals surface area (Å²) in [5.74, 6) is 0.970. The molecule has 0 aliphatic carbocycles. The van der Waals surface area contributed by atoms with Crippen LogP contribution in [0.3, 0.4) is 0 Å². The molecule has 1 aromatic heterocycles. The van der Waals surface area contributed by atoms with E-state index in [9.17, 15) is 27.6 Å². The Bertz CT molecular complexity index is 1820. The number of aromatic nitrogens is 2. The third-order valence-corrected chi connectivity index (χ3v) is 9.88. The van der Waals surface area contributed by atoms with Gasteiger partial charge in [0, 0.05) is 39.1 Å². The topological polar surface area (TPSA) is 146 Å². The first-order valence-corrected chi connectivity index (χ1v) is 18.3. The van der Waals surface area contributed by atoms with Crippen molar-refractivity contribution in [3.63, 3.8) is 0 Å². The summed E-state index contributed by atoms with van der Waals surface area (Å²) >= 11 is 5.49. The molecule has 2 atom stereocenters. The van der Waals surface area contributed by atoms with Crippen LogP contribution in [0.2, 0.25) is 5.02 Å². The van der Waals surface area contributed by atoms with Crippen LogP contribution in [0.5, 0.6) is 5.75 Å². The number of piperazine rings is 1. The highest BCUT2D eigenvalue weighted by molar-refractivity contribution is 6.33. The van der Waals surface area contributed by atoms with Gasteiger partial charge in [0.15, 0.2) is 5.69 Å². The minimum atomic E-state index is -4.43. The van der Waals surface area contributed by atoms with Crippen molar-refractivity contribution in [1.29, 1.82) is 0 Å². The van der Waals surface area contributed by atoms with Crippen molar-refractivity contribution in [2.24, 2.45) is 4.99 Å². The fourth-order valence-corrected chi connectivity index (χ4v) is 7.19. The molecule has 2 fully saturated rings. The Balaban J connectivity index is 0.000000295. The number of nitrogens with zero attached hydrogens (tertiary/aromatic N) is 6. The van der Waals surface area contributed by atoms with Crippen molar-refractivity contribution in [1.82, 2.24) is 30.1 Å². The first-order chi connectivity index (χ1) is 26.0. The summed E-state index contributed by atoms with van der Waals surface area (Å²) in [6.07, 6.45) is 2.67. The van der Waals surface area contributed by atoms with E-state index in [2.05, 4.69) is 43.5 Å². The number of rotatable bonds is 7. The lowest BCUT2D eigenvalue weighted by molar-refractivity contribution is -0.388. The minimum Gasteiger partial charge on any atom is -0.489 e. The molecule has 6 heterocycles. The Labute approximate surface area is 317 Å². The normalized spacial score (nSPS) is 20.9. The molecule has 3 N–H and O–H groups in total. The van der Waals surface area contributed by atoms with Gasteiger partial charge >= 0.3 is 6.18 Å². The fraction of sp³-hybridized carbons (Fsp3) is 0.500. The van der Waals surface area contributed by atoms with Gasteiger partial charge in [0.05, 0.1) is 42.3 Å². The molecular weight excluding hydrogens is 731 g/mol. The number of anilines is 1. The first-order valence-electron chi connectivity index (χ1n) is 18.0. The van der Waals surface area contributed by atoms with E-state index in [4.69, 9.17) is 26.1 Å². The average Bonchev–Trinajstić information content (AvgIpc) is 3.85. The molecule has 14 nitrogen and oxygen atoms in total. The number of nitrogens with one attached hydrogen (secondary N) is 3. The van der Waals surface area contributed by atoms with Crippen LogP contribution >= 0.6 is 11.6 Å². The number of amides is 3. The third-order valence-electron chi connectivity index (χ3n) is 9.57. The molecule has 5 aliphatic rings. The molecule has 0 radical (unpaired) electrons. The summed E-state index contributed by atoms with van der Waals surface area (Å²) in [6.45, 7) is 11.6. The van der Waals surface area contributed by atoms with Gasteiger partial charge in [-0.3, -0.25) is 14.4 Å². The van der Waals surface area contributed by atoms with Gasteiger partial charge in [-0.25, -0.2) is 15.0 Å². The molecule has 54 heavy (non-hydrogen) atoms. The van der Waals surface area contributed by atoms with Gasteiger partial charge in [-0.15, -0.1) is 0 Å². The van der Waals surface area contributed by atoms with Gasteiger partial charge in [0.1, 0.15) is 11.9 Å². The number of fused-ring (bicyclic) bond motifs is 3. The zero-order valence-corrected chi connectivity index (χ0v) is 31.7. The van der Waals surface area contributed by atoms with E-state index in [1.165, 1.54) is 6.33 Å². The number of carbonyl (C=O) groups is 3. The number of aromatic amines is 1. The van der Waals surface area contributed by atoms with Crippen molar-refractivity contribution in [3.8, 4) is 5.75 Å². The number of hydrogen-bond acceptors (Lipinski definition) is 10. The Kier molecular flexibility index (Phi) is 13.2. The molecule has 0 bridgehead atoms. The minimum absolute atomic E-state index is 0.00520. The van der Waals surface area contributed by atoms with E-state index in [1.54, 1.807) is 12.1 Å². The maximum absolute atomic E-state index is 14.0. The van der Waals surface area contributed by atoms with E-state index < -0.39 is 11.7 Å². The van der Waals surface area contributed by atoms with Crippen molar-refractivity contribution < 1.29 is 42.0 Å². The van der Waals surface area contributed by atoms with Crippen LogP contribution in [0, 0.1) is 6.92 Å². The van der Waals surface area contributed by atoms with Gasteiger partial charge in [0.25, 0.3) is 18.1 Å². The Morgan fingerprint density at radius 3 is 2.65 bits per heavy atom. The van der Waals surface area contributed by atoms with Gasteiger partial charge in [-0.05, 0) is 49.5 Å². The van der Waals surface area contributed by atoms with E-state index in [1.807, 2.05) is 25.7 Å². The number of methoxy groups -OCH3 is 1. The third kappa shape index (κ3) is 8.32. The molecule has 0 saturated carbocycles. The van der Waals surface area contributed by atoms with Crippen molar-refractivity contribution in [2.45, 2.75) is 71.8 Å². The molecular formula is C36H46ClF3N9O5+. The number of aryl methyl sites for hydroxylation is 1. The van der Waals surface area contributed by atoms with Crippen molar-refractivity contribution in [3.05, 3.63) is 69.5 Å². The summed E-state index contributed by atoms with van der Waals surface area (Å²) in [5.41, 5.74) is 6.66. The van der Waals surface area contributed by atoms with Gasteiger partial charge in [-0.1, -0.05) is 43.4 Å². The summed E-state index contributed by atoms with van der Waals surface area (Å²) < 4.78 is 47.3. The van der Waals surface area contributed by atoms with E-state index in [-0.39, 0.29) is 34.7 Å². The number of guanidine groups is 1. The number of benzene rings is 1. The lowest BCUT2D eigenvalue weighted by atomic mass is 10.0. The second-order valence-corrected chi connectivity index (χ2v) is 13.0. The predicted molar refractivity (Wildman–Crippen MR) is 194 cm³/mol. The largest absolute Gasteiger partial charge is 0.489 e. The van der Waals surface area contributed by atoms with Gasteiger partial charge in [-0.2, -0.15) is 18.6 Å². The van der Waals surface area contributed by atoms with Crippen LogP contribution < -0.4 is 20.5 Å². The maximum Gasteiger partial charge on any atom is 0.416 e. The quantitative estimate of drug-likeness (QED) is 0.309. The standard InChI is InChI=1S/C26H34N8O4.C8H5ClF3NO.C2H6/c1-4-18-14-31(24(35)20-22(37-3)16(2)27-15-28-20)10-11-32(18)21-19-6-5-9-33(19)26-29-23(30-34(26)25(21)36)17-7-12-38-13-8-17;9-6-3-5(8(10,11)12)1-2-7(6)13-4-14;1-2/h7,15,18,23,30H,4-6,8-14H2,1-3H3;1-4H,(H,13,14);1-2H3/p+1. The van der Waals surface area contributed by atoms with E-state index >= 15 is 0 Å². The van der Waals surface area contributed by atoms with Crippen LogP contribution in [0.15, 0.2) is 52.6 Å². The zero-order chi connectivity index (χ0) is 39.2. The zero-order valence-electron chi connectivity index (χ0n) is 30.9. The predicted octanol–water partition coefficient (Wildman–Crippen LogP) is 4.40. The molecule has 5 aliphatic heterocycles. The Morgan fingerprint density at radius 2 is 2.00 bits per heavy atom. The van der Waals surface area contributed by atoms with Gasteiger partial charge < -0.3 is 29.5 Å². The molecule has 3 amide bonds. The van der Waals surface area contributed by atoms with Crippen molar-refractivity contribution in [2.75, 3.05) is 51.8 Å². The number of carbonyl (C=O) groups excluding carboxylic acids is 3. The lowest BCUT2D eigenvalue weighted by Gasteiger charge is -2.46. The maximum atomic E-state index is 14.0. The number of hydrogen-bond donors (Lipinski definition) is 2. The molecule has 2 aromatic rings. The number of hydrazine groups is 1. The number of alkyl halides is 3. The van der Waals surface area contributed by atoms with Crippen LogP contribution in [0.1, 0.15) is 68.2 Å². The highest BCUT2D eigenvalue weighted by atomic mass is 35.5. The lowest BCUT2D eigenvalue weighted by Crippen LogP contribution is -2.61. The summed E-state index contributed by atoms with van der Waals surface area (Å²) in [5, 5.41) is 3.66. The van der Waals surface area contributed by atoms with Gasteiger partial charge in [0.2, 0.25) is 23.8 Å². The smallest absolute Gasteiger partial charge is 0.416 e. The number of H-pyrrole nitrogens is 1. The van der Waals surface area contributed by atoms with Crippen LogP contribution in [0.4, 0.5) is 18.9 Å². The Hall–Kier alpha value is -4.74. The fourth-order valence-electron chi connectivity index (χ4n) is 6.96. The molecule has 18 heteroatoms. The van der Waals surface area contributed by atoms with E-state index in [0.717, 1.165) is 67.4 Å². The number of halogens is 4. The molecule has 0 spiro atoms. The van der Waals surface area contributed by atoms with E-state index in [0.29, 0.717) is 62.4 Å². The average molecular weight is 777 g/mol. The highest BCUT2D eigenvalue weighted by Gasteiger charge is 2.47. The molecule has 292 valence electrons. The van der Waals surface area contributed by atoms with Crippen LogP contribution in [-0.4, -0.2) is 108 Å². The summed E-state index contributed by atoms with van der Waals surface area (Å²) in [4.78, 5) is 55.9. The highest BCUT2D eigenvalue weighted by Crippen LogP contribution is 2.37. The monoisotopic (exact) mass is 776 g/mol. The first kappa shape index (κ1) is 40.4.